The van der Waals surface area contributed by atoms with Crippen molar-refractivity contribution in [3.63, 3.8) is 0 Å². The van der Waals surface area contributed by atoms with Gasteiger partial charge in [-0.2, -0.15) is 5.26 Å². The molecule has 0 aliphatic heterocycles. The maximum atomic E-state index is 8.59. The first-order valence-corrected chi connectivity index (χ1v) is 4.62. The molecule has 0 aliphatic carbocycles. The molecule has 0 fully saturated rings. The van der Waals surface area contributed by atoms with Crippen molar-refractivity contribution in [3.8, 4) is 6.07 Å². The van der Waals surface area contributed by atoms with Gasteiger partial charge >= 0.3 is 0 Å². The number of rotatable bonds is 3. The summed E-state index contributed by atoms with van der Waals surface area (Å²) in [6.45, 7) is 2.65. The van der Waals surface area contributed by atoms with Crippen molar-refractivity contribution in [1.29, 1.82) is 5.26 Å². The van der Waals surface area contributed by atoms with E-state index in [2.05, 4.69) is 11.1 Å². The van der Waals surface area contributed by atoms with Crippen molar-refractivity contribution in [1.82, 2.24) is 4.98 Å². The normalized spacial score (nSPS) is 12.1. The molecule has 0 spiro atoms. The molecule has 0 N–H and O–H groups in total. The topological polar surface area (TPSA) is 39.9 Å². The Bertz CT molecular complexity index is 262. The summed E-state index contributed by atoms with van der Waals surface area (Å²) in [4.78, 5) is 6.14. The Kier molecular flexibility index (Phi) is 3.06. The maximum absolute atomic E-state index is 8.59. The van der Waals surface area contributed by atoms with Crippen molar-refractivity contribution in [2.45, 2.75) is 6.92 Å². The summed E-state index contributed by atoms with van der Waals surface area (Å²) in [6, 6.07) is 2.19. The van der Waals surface area contributed by atoms with Crippen LogP contribution in [-0.2, 0) is 0 Å². The summed E-state index contributed by atoms with van der Waals surface area (Å²) in [5.41, 5.74) is 0. The molecule has 1 aromatic rings. The molecule has 0 saturated carbocycles. The summed E-state index contributed by atoms with van der Waals surface area (Å²) in [6.07, 6.45) is 1.77. The lowest BCUT2D eigenvalue weighted by molar-refractivity contribution is 0.715. The van der Waals surface area contributed by atoms with Gasteiger partial charge in [-0.1, -0.05) is 0 Å². The van der Waals surface area contributed by atoms with E-state index in [4.69, 9.17) is 5.26 Å². The number of nitriles is 1. The first-order valence-electron chi connectivity index (χ1n) is 3.74. The third kappa shape index (κ3) is 2.21. The van der Waals surface area contributed by atoms with Gasteiger partial charge in [-0.25, -0.2) is 4.98 Å². The van der Waals surface area contributed by atoms with Crippen molar-refractivity contribution in [2.24, 2.45) is 5.92 Å². The molecule has 64 valence electrons. The molecule has 0 amide bonds. The molecule has 1 rings (SSSR count). The van der Waals surface area contributed by atoms with Crippen molar-refractivity contribution < 1.29 is 0 Å². The first kappa shape index (κ1) is 9.01. The number of hydrogen-bond donors (Lipinski definition) is 0. The van der Waals surface area contributed by atoms with E-state index in [1.165, 1.54) is 0 Å². The third-order valence-corrected chi connectivity index (χ3v) is 2.40. The predicted molar refractivity (Wildman–Crippen MR) is 50.2 cm³/mol. The van der Waals surface area contributed by atoms with E-state index in [1.54, 1.807) is 17.5 Å². The van der Waals surface area contributed by atoms with Gasteiger partial charge in [0.2, 0.25) is 0 Å². The zero-order chi connectivity index (χ0) is 8.97. The summed E-state index contributed by atoms with van der Waals surface area (Å²) in [5, 5.41) is 11.5. The Morgan fingerprint density at radius 1 is 1.83 bits per heavy atom. The van der Waals surface area contributed by atoms with Crippen molar-refractivity contribution in [2.75, 3.05) is 18.5 Å². The highest BCUT2D eigenvalue weighted by molar-refractivity contribution is 7.13. The summed E-state index contributed by atoms with van der Waals surface area (Å²) < 4.78 is 0. The van der Waals surface area contributed by atoms with Crippen LogP contribution >= 0.6 is 11.3 Å². The molecular weight excluding hydrogens is 170 g/mol. The van der Waals surface area contributed by atoms with Gasteiger partial charge < -0.3 is 4.90 Å². The van der Waals surface area contributed by atoms with Gasteiger partial charge in [0.05, 0.1) is 12.0 Å². The lowest BCUT2D eigenvalue weighted by atomic mass is 10.2. The van der Waals surface area contributed by atoms with Gasteiger partial charge in [0.1, 0.15) is 0 Å². The fraction of sp³-hybridized carbons (Fsp3) is 0.500. The van der Waals surface area contributed by atoms with Crippen molar-refractivity contribution in [3.05, 3.63) is 11.6 Å². The number of aromatic nitrogens is 1. The average molecular weight is 181 g/mol. The molecule has 0 radical (unpaired) electrons. The number of anilines is 1. The van der Waals surface area contributed by atoms with Crippen LogP contribution in [0, 0.1) is 17.2 Å². The molecule has 12 heavy (non-hydrogen) atoms. The van der Waals surface area contributed by atoms with Crippen LogP contribution in [0.15, 0.2) is 11.6 Å². The maximum Gasteiger partial charge on any atom is 0.185 e. The highest BCUT2D eigenvalue weighted by Crippen LogP contribution is 2.16. The quantitative estimate of drug-likeness (QED) is 0.713. The molecule has 1 atom stereocenters. The standard InChI is InChI=1S/C8H11N3S/c1-7(5-9)6-11(2)8-10-3-4-12-8/h3-4,7H,6H2,1-2H3. The summed E-state index contributed by atoms with van der Waals surface area (Å²) in [7, 11) is 1.95. The molecule has 0 bridgehead atoms. The van der Waals surface area contributed by atoms with Crippen molar-refractivity contribution >= 4 is 16.5 Å². The van der Waals surface area contributed by atoms with Crippen LogP contribution in [0.25, 0.3) is 0 Å². The minimum Gasteiger partial charge on any atom is -0.350 e. The third-order valence-electron chi connectivity index (χ3n) is 1.51. The van der Waals surface area contributed by atoms with Crippen LogP contribution in [-0.4, -0.2) is 18.6 Å². The minimum atomic E-state index is 0.0545. The fourth-order valence-corrected chi connectivity index (χ4v) is 1.55. The highest BCUT2D eigenvalue weighted by atomic mass is 32.1. The Morgan fingerprint density at radius 2 is 2.58 bits per heavy atom. The number of nitrogens with zero attached hydrogens (tertiary/aromatic N) is 3. The van der Waals surface area contributed by atoms with E-state index < -0.39 is 0 Å². The molecule has 4 heteroatoms. The second kappa shape index (κ2) is 4.07. The predicted octanol–water partition coefficient (Wildman–Crippen LogP) is 1.74. The lowest BCUT2D eigenvalue weighted by Gasteiger charge is -2.16. The van der Waals surface area contributed by atoms with Gasteiger partial charge in [0.15, 0.2) is 5.13 Å². The van der Waals surface area contributed by atoms with Gasteiger partial charge in [-0.15, -0.1) is 11.3 Å². The molecule has 0 aromatic carbocycles. The van der Waals surface area contributed by atoms with E-state index in [-0.39, 0.29) is 5.92 Å². The van der Waals surface area contributed by atoms with E-state index in [9.17, 15) is 0 Å². The van der Waals surface area contributed by atoms with Crippen LogP contribution < -0.4 is 4.90 Å². The minimum absolute atomic E-state index is 0.0545. The van der Waals surface area contributed by atoms with E-state index in [1.807, 2.05) is 24.3 Å². The Balaban J connectivity index is 2.51. The monoisotopic (exact) mass is 181 g/mol. The Labute approximate surface area is 76.3 Å². The molecule has 0 saturated heterocycles. The highest BCUT2D eigenvalue weighted by Gasteiger charge is 2.07. The Hall–Kier alpha value is -1.08. The first-order chi connectivity index (χ1) is 5.74. The molecule has 0 aliphatic rings. The summed E-state index contributed by atoms with van der Waals surface area (Å²) >= 11 is 1.59. The lowest BCUT2D eigenvalue weighted by Crippen LogP contribution is -2.22. The van der Waals surface area contributed by atoms with Gasteiger partial charge in [-0.3, -0.25) is 0 Å². The van der Waals surface area contributed by atoms with E-state index >= 15 is 0 Å². The molecule has 1 heterocycles. The smallest absolute Gasteiger partial charge is 0.185 e. The second-order valence-electron chi connectivity index (χ2n) is 2.73. The van der Waals surface area contributed by atoms with Crippen LogP contribution in [0.5, 0.6) is 0 Å². The van der Waals surface area contributed by atoms with Gasteiger partial charge in [0.25, 0.3) is 0 Å². The average Bonchev–Trinajstić information content (AvgIpc) is 2.56. The van der Waals surface area contributed by atoms with Gasteiger partial charge in [-0.05, 0) is 6.92 Å². The number of thiazole rings is 1. The van der Waals surface area contributed by atoms with Crippen LogP contribution in [0.2, 0.25) is 0 Å². The zero-order valence-electron chi connectivity index (χ0n) is 7.19. The van der Waals surface area contributed by atoms with Crippen LogP contribution in [0.4, 0.5) is 5.13 Å². The van der Waals surface area contributed by atoms with E-state index in [0.717, 1.165) is 11.7 Å². The Morgan fingerprint density at radius 3 is 3.08 bits per heavy atom. The number of hydrogen-bond acceptors (Lipinski definition) is 4. The molecule has 1 unspecified atom stereocenters. The molecule has 1 aromatic heterocycles. The molecule has 3 nitrogen and oxygen atoms in total. The molecular formula is C8H11N3S. The second-order valence-corrected chi connectivity index (χ2v) is 3.60. The zero-order valence-corrected chi connectivity index (χ0v) is 8.01. The van der Waals surface area contributed by atoms with E-state index in [0.29, 0.717) is 0 Å². The van der Waals surface area contributed by atoms with Crippen LogP contribution in [0.1, 0.15) is 6.92 Å². The SMILES string of the molecule is CC(C#N)CN(C)c1nccs1. The van der Waals surface area contributed by atoms with Gasteiger partial charge in [0, 0.05) is 25.2 Å². The van der Waals surface area contributed by atoms with Crippen LogP contribution in [0.3, 0.4) is 0 Å². The largest absolute Gasteiger partial charge is 0.350 e. The fourth-order valence-electron chi connectivity index (χ4n) is 0.934. The summed E-state index contributed by atoms with van der Waals surface area (Å²) in [5.74, 6) is 0.0545.